The average Bonchev–Trinajstić information content (AvgIpc) is 2.46. The van der Waals surface area contributed by atoms with Crippen molar-refractivity contribution in [3.05, 3.63) is 54.1 Å². The minimum atomic E-state index is 0.865. The van der Waals surface area contributed by atoms with Crippen LogP contribution < -0.4 is 5.73 Å². The van der Waals surface area contributed by atoms with Gasteiger partial charge >= 0.3 is 0 Å². The Kier molecular flexibility index (Phi) is 2.02. The van der Waals surface area contributed by atoms with E-state index in [0.29, 0.717) is 0 Å². The van der Waals surface area contributed by atoms with Crippen molar-refractivity contribution in [1.29, 1.82) is 0 Å². The van der Waals surface area contributed by atoms with E-state index in [-0.39, 0.29) is 0 Å². The zero-order valence-electron chi connectivity index (χ0n) is 10.9. The summed E-state index contributed by atoms with van der Waals surface area (Å²) in [6, 6.07) is 17.4. The predicted molar refractivity (Wildman–Crippen MR) is 83.9 cm³/mol. The molecule has 0 atom stereocenters. The lowest BCUT2D eigenvalue weighted by molar-refractivity contribution is 1.16. The first kappa shape index (κ1) is 10.6. The molecule has 0 aliphatic heterocycles. The van der Waals surface area contributed by atoms with E-state index in [1.807, 2.05) is 6.07 Å². The van der Waals surface area contributed by atoms with Crippen molar-refractivity contribution in [3.63, 3.8) is 0 Å². The predicted octanol–water partition coefficient (Wildman–Crippen LogP) is 4.73. The van der Waals surface area contributed by atoms with Crippen LogP contribution in [0.5, 0.6) is 0 Å². The molecule has 0 heterocycles. The number of nitrogen functional groups attached to an aromatic ring is 1. The van der Waals surface area contributed by atoms with Crippen molar-refractivity contribution in [2.45, 2.75) is 13.3 Å². The summed E-state index contributed by atoms with van der Waals surface area (Å²) >= 11 is 0. The highest BCUT2D eigenvalue weighted by Crippen LogP contribution is 2.38. The van der Waals surface area contributed by atoms with Crippen LogP contribution in [0.3, 0.4) is 0 Å². The molecule has 1 nitrogen and oxygen atoms in total. The van der Waals surface area contributed by atoms with Crippen LogP contribution in [0.25, 0.3) is 32.3 Å². The first-order valence-electron chi connectivity index (χ1n) is 6.74. The quantitative estimate of drug-likeness (QED) is 0.381. The molecular formula is C18H15N. The summed E-state index contributed by atoms with van der Waals surface area (Å²) in [7, 11) is 0. The molecule has 0 unspecified atom stereocenters. The molecule has 4 aromatic carbocycles. The van der Waals surface area contributed by atoms with Gasteiger partial charge in [-0.2, -0.15) is 0 Å². The molecule has 92 valence electrons. The van der Waals surface area contributed by atoms with Gasteiger partial charge in [0, 0.05) is 11.1 Å². The van der Waals surface area contributed by atoms with E-state index in [1.165, 1.54) is 37.9 Å². The summed E-state index contributed by atoms with van der Waals surface area (Å²) in [6.45, 7) is 2.21. The molecule has 0 aliphatic rings. The normalized spacial score (nSPS) is 11.8. The fourth-order valence-electron chi connectivity index (χ4n) is 3.19. The van der Waals surface area contributed by atoms with Crippen molar-refractivity contribution in [2.75, 3.05) is 5.73 Å². The molecule has 19 heavy (non-hydrogen) atoms. The number of benzene rings is 4. The van der Waals surface area contributed by atoms with Gasteiger partial charge in [0.1, 0.15) is 0 Å². The Morgan fingerprint density at radius 1 is 0.737 bits per heavy atom. The van der Waals surface area contributed by atoms with Gasteiger partial charge in [0.05, 0.1) is 0 Å². The second kappa shape index (κ2) is 3.61. The standard InChI is InChI=1S/C18H15N/c1-2-11-3-4-12-5-6-13-7-10-16(19)15-9-8-14(11)17(12)18(13)15/h3-10H,2,19H2,1H3. The lowest BCUT2D eigenvalue weighted by Crippen LogP contribution is -1.91. The van der Waals surface area contributed by atoms with Crippen molar-refractivity contribution in [3.8, 4) is 0 Å². The Morgan fingerprint density at radius 3 is 2.05 bits per heavy atom. The molecule has 0 amide bonds. The SMILES string of the molecule is CCc1ccc2ccc3ccc(N)c4ccc1c2c34. The van der Waals surface area contributed by atoms with E-state index in [0.717, 1.165) is 12.1 Å². The molecule has 0 aliphatic carbocycles. The van der Waals surface area contributed by atoms with Gasteiger partial charge < -0.3 is 5.73 Å². The number of aryl methyl sites for hydroxylation is 1. The first-order chi connectivity index (χ1) is 9.29. The molecule has 0 bridgehead atoms. The maximum atomic E-state index is 6.14. The zero-order chi connectivity index (χ0) is 13.0. The maximum Gasteiger partial charge on any atom is 0.0394 e. The fraction of sp³-hybridized carbons (Fsp3) is 0.111. The summed E-state index contributed by atoms with van der Waals surface area (Å²) < 4.78 is 0. The lowest BCUT2D eigenvalue weighted by Gasteiger charge is -2.14. The van der Waals surface area contributed by atoms with Crippen LogP contribution in [0.15, 0.2) is 48.5 Å². The summed E-state index contributed by atoms with van der Waals surface area (Å²) in [5.41, 5.74) is 8.41. The van der Waals surface area contributed by atoms with Crippen LogP contribution in [0.4, 0.5) is 5.69 Å². The van der Waals surface area contributed by atoms with Crippen LogP contribution in [0.2, 0.25) is 0 Å². The van der Waals surface area contributed by atoms with Gasteiger partial charge in [0.25, 0.3) is 0 Å². The third kappa shape index (κ3) is 1.30. The highest BCUT2D eigenvalue weighted by atomic mass is 14.5. The molecule has 1 heteroatoms. The summed E-state index contributed by atoms with van der Waals surface area (Å²) in [4.78, 5) is 0. The maximum absolute atomic E-state index is 6.14. The van der Waals surface area contributed by atoms with Crippen molar-refractivity contribution < 1.29 is 0 Å². The van der Waals surface area contributed by atoms with Gasteiger partial charge in [0.2, 0.25) is 0 Å². The Bertz CT molecular complexity index is 906. The van der Waals surface area contributed by atoms with Crippen LogP contribution in [-0.2, 0) is 6.42 Å². The fourth-order valence-corrected chi connectivity index (χ4v) is 3.19. The van der Waals surface area contributed by atoms with Gasteiger partial charge in [-0.1, -0.05) is 49.4 Å². The number of rotatable bonds is 1. The van der Waals surface area contributed by atoms with E-state index in [1.54, 1.807) is 0 Å². The Labute approximate surface area is 112 Å². The van der Waals surface area contributed by atoms with Gasteiger partial charge in [-0.05, 0) is 45.0 Å². The smallest absolute Gasteiger partial charge is 0.0394 e. The third-order valence-electron chi connectivity index (χ3n) is 4.17. The Balaban J connectivity index is 2.39. The first-order valence-corrected chi connectivity index (χ1v) is 6.74. The molecule has 0 saturated heterocycles. The molecule has 0 radical (unpaired) electrons. The largest absolute Gasteiger partial charge is 0.398 e. The molecule has 0 aromatic heterocycles. The van der Waals surface area contributed by atoms with E-state index in [4.69, 9.17) is 5.73 Å². The van der Waals surface area contributed by atoms with E-state index >= 15 is 0 Å². The zero-order valence-corrected chi connectivity index (χ0v) is 10.9. The van der Waals surface area contributed by atoms with Gasteiger partial charge in [-0.15, -0.1) is 0 Å². The lowest BCUT2D eigenvalue weighted by atomic mass is 9.91. The van der Waals surface area contributed by atoms with Gasteiger partial charge in [0.15, 0.2) is 0 Å². The molecule has 2 N–H and O–H groups in total. The highest BCUT2D eigenvalue weighted by molar-refractivity contribution is 6.25. The molecule has 0 spiro atoms. The molecule has 4 rings (SSSR count). The van der Waals surface area contributed by atoms with Crippen molar-refractivity contribution in [2.24, 2.45) is 0 Å². The van der Waals surface area contributed by atoms with Crippen LogP contribution >= 0.6 is 0 Å². The number of anilines is 1. The van der Waals surface area contributed by atoms with E-state index in [2.05, 4.69) is 49.4 Å². The minimum absolute atomic E-state index is 0.865. The molecular weight excluding hydrogens is 230 g/mol. The Morgan fingerprint density at radius 2 is 1.32 bits per heavy atom. The Hall–Kier alpha value is -2.28. The second-order valence-electron chi connectivity index (χ2n) is 5.16. The van der Waals surface area contributed by atoms with Gasteiger partial charge in [-0.25, -0.2) is 0 Å². The van der Waals surface area contributed by atoms with Crippen LogP contribution in [0.1, 0.15) is 12.5 Å². The molecule has 4 aromatic rings. The monoisotopic (exact) mass is 245 g/mol. The molecule has 0 fully saturated rings. The van der Waals surface area contributed by atoms with Crippen LogP contribution in [-0.4, -0.2) is 0 Å². The average molecular weight is 245 g/mol. The minimum Gasteiger partial charge on any atom is -0.398 e. The summed E-state index contributed by atoms with van der Waals surface area (Å²) in [5.74, 6) is 0. The topological polar surface area (TPSA) is 26.0 Å². The van der Waals surface area contributed by atoms with Crippen molar-refractivity contribution in [1.82, 2.24) is 0 Å². The molecule has 0 saturated carbocycles. The number of hydrogen-bond acceptors (Lipinski definition) is 1. The number of hydrogen-bond donors (Lipinski definition) is 1. The second-order valence-corrected chi connectivity index (χ2v) is 5.16. The van der Waals surface area contributed by atoms with E-state index < -0.39 is 0 Å². The summed E-state index contributed by atoms with van der Waals surface area (Å²) in [5, 5.41) is 7.78. The van der Waals surface area contributed by atoms with Gasteiger partial charge in [-0.3, -0.25) is 0 Å². The van der Waals surface area contributed by atoms with Crippen molar-refractivity contribution >= 4 is 38.0 Å². The third-order valence-corrected chi connectivity index (χ3v) is 4.17. The van der Waals surface area contributed by atoms with E-state index in [9.17, 15) is 0 Å². The summed E-state index contributed by atoms with van der Waals surface area (Å²) in [6.07, 6.45) is 1.06. The highest BCUT2D eigenvalue weighted by Gasteiger charge is 2.11. The van der Waals surface area contributed by atoms with Crippen LogP contribution in [0, 0.1) is 0 Å². The number of nitrogens with two attached hydrogens (primary N) is 1.